The van der Waals surface area contributed by atoms with E-state index >= 15 is 0 Å². The molecule has 0 bridgehead atoms. The van der Waals surface area contributed by atoms with Gasteiger partial charge in [-0.1, -0.05) is 0 Å². The number of hydrogen-bond acceptors (Lipinski definition) is 3. The Hall–Kier alpha value is 0.170. The molecule has 1 saturated carbocycles. The molecule has 0 aromatic rings. The highest BCUT2D eigenvalue weighted by Crippen LogP contribution is 2.26. The van der Waals surface area contributed by atoms with E-state index in [1.807, 2.05) is 0 Å². The second-order valence-corrected chi connectivity index (χ2v) is 4.70. The molecule has 1 aliphatic carbocycles. The minimum atomic E-state index is 0.368. The maximum absolute atomic E-state index is 6.12. The molecule has 13 heavy (non-hydrogen) atoms. The number of halogens is 1. The molecule has 0 amide bonds. The van der Waals surface area contributed by atoms with E-state index in [9.17, 15) is 0 Å². The summed E-state index contributed by atoms with van der Waals surface area (Å²) in [6, 6.07) is 1.21. The van der Waals surface area contributed by atoms with Gasteiger partial charge >= 0.3 is 0 Å². The lowest BCUT2D eigenvalue weighted by Gasteiger charge is -2.27. The van der Waals surface area contributed by atoms with Crippen LogP contribution in [0, 0.1) is 0 Å². The molecule has 4 unspecified atom stereocenters. The van der Waals surface area contributed by atoms with E-state index in [1.54, 1.807) is 0 Å². The standard InChI is InChI=1S/C9H18ClN3/c10-6-1-2-7-8(5-6)13-9(12-7)3-4-11/h6-9,12-13H,1-5,11H2. The lowest BCUT2D eigenvalue weighted by Crippen LogP contribution is -2.39. The molecule has 2 aliphatic rings. The van der Waals surface area contributed by atoms with Crippen molar-refractivity contribution in [3.63, 3.8) is 0 Å². The molecule has 4 heteroatoms. The predicted molar refractivity (Wildman–Crippen MR) is 54.8 cm³/mol. The second-order valence-electron chi connectivity index (χ2n) is 4.09. The third-order valence-electron chi connectivity index (χ3n) is 3.07. The molecule has 4 N–H and O–H groups in total. The third-order valence-corrected chi connectivity index (χ3v) is 3.47. The maximum Gasteiger partial charge on any atom is 0.0589 e. The normalized spacial score (nSPS) is 44.8. The van der Waals surface area contributed by atoms with Gasteiger partial charge in [-0.05, 0) is 32.2 Å². The lowest BCUT2D eigenvalue weighted by atomic mass is 9.91. The van der Waals surface area contributed by atoms with E-state index in [4.69, 9.17) is 17.3 Å². The summed E-state index contributed by atoms with van der Waals surface area (Å²) in [6.45, 7) is 0.744. The van der Waals surface area contributed by atoms with Crippen LogP contribution in [0.4, 0.5) is 0 Å². The van der Waals surface area contributed by atoms with Crippen LogP contribution in [-0.4, -0.2) is 30.2 Å². The van der Waals surface area contributed by atoms with Crippen LogP contribution in [0.15, 0.2) is 0 Å². The Kier molecular flexibility index (Phi) is 3.09. The number of alkyl halides is 1. The Balaban J connectivity index is 1.87. The molecule has 2 rings (SSSR count). The van der Waals surface area contributed by atoms with E-state index in [0.29, 0.717) is 23.6 Å². The summed E-state index contributed by atoms with van der Waals surface area (Å²) in [5, 5.41) is 7.48. The number of nitrogens with one attached hydrogen (secondary N) is 2. The van der Waals surface area contributed by atoms with E-state index < -0.39 is 0 Å². The van der Waals surface area contributed by atoms with Gasteiger partial charge in [-0.2, -0.15) is 0 Å². The summed E-state index contributed by atoms with van der Waals surface area (Å²) in [6.07, 6.45) is 4.88. The maximum atomic E-state index is 6.12. The van der Waals surface area contributed by atoms with Crippen LogP contribution in [0.25, 0.3) is 0 Å². The Morgan fingerprint density at radius 2 is 2.00 bits per heavy atom. The first-order valence-electron chi connectivity index (χ1n) is 5.16. The monoisotopic (exact) mass is 203 g/mol. The summed E-state index contributed by atoms with van der Waals surface area (Å²) in [4.78, 5) is 0. The van der Waals surface area contributed by atoms with Crippen LogP contribution in [0.2, 0.25) is 0 Å². The highest BCUT2D eigenvalue weighted by atomic mass is 35.5. The van der Waals surface area contributed by atoms with Gasteiger partial charge in [-0.25, -0.2) is 0 Å². The van der Waals surface area contributed by atoms with Crippen LogP contribution < -0.4 is 16.4 Å². The molecule has 76 valence electrons. The lowest BCUT2D eigenvalue weighted by molar-refractivity contribution is 0.378. The Morgan fingerprint density at radius 3 is 2.77 bits per heavy atom. The van der Waals surface area contributed by atoms with Crippen molar-refractivity contribution in [3.05, 3.63) is 0 Å². The van der Waals surface area contributed by atoms with E-state index in [-0.39, 0.29) is 0 Å². The topological polar surface area (TPSA) is 50.1 Å². The number of rotatable bonds is 2. The van der Waals surface area contributed by atoms with Gasteiger partial charge in [0.05, 0.1) is 6.17 Å². The minimum Gasteiger partial charge on any atom is -0.330 e. The molecule has 1 aliphatic heterocycles. The highest BCUT2D eigenvalue weighted by molar-refractivity contribution is 6.20. The number of fused-ring (bicyclic) bond motifs is 1. The van der Waals surface area contributed by atoms with Gasteiger partial charge < -0.3 is 5.73 Å². The molecule has 0 aromatic carbocycles. The van der Waals surface area contributed by atoms with Crippen molar-refractivity contribution >= 4 is 11.6 Å². The summed E-state index contributed by atoms with van der Waals surface area (Å²) >= 11 is 6.12. The molecular formula is C9H18ClN3. The predicted octanol–water partition coefficient (Wildman–Crippen LogP) is 0.383. The SMILES string of the molecule is NCCC1NC2CCC(Cl)CC2N1. The smallest absolute Gasteiger partial charge is 0.0589 e. The Bertz CT molecular complexity index is 176. The van der Waals surface area contributed by atoms with Gasteiger partial charge in [-0.15, -0.1) is 11.6 Å². The van der Waals surface area contributed by atoms with Crippen molar-refractivity contribution in [2.24, 2.45) is 5.73 Å². The zero-order valence-corrected chi connectivity index (χ0v) is 8.56. The quantitative estimate of drug-likeness (QED) is 0.569. The first-order valence-corrected chi connectivity index (χ1v) is 5.59. The van der Waals surface area contributed by atoms with Crippen molar-refractivity contribution in [1.29, 1.82) is 0 Å². The molecule has 3 nitrogen and oxygen atoms in total. The van der Waals surface area contributed by atoms with Gasteiger partial charge in [0.25, 0.3) is 0 Å². The van der Waals surface area contributed by atoms with Crippen LogP contribution in [0.3, 0.4) is 0 Å². The number of hydrogen-bond donors (Lipinski definition) is 3. The molecule has 1 heterocycles. The van der Waals surface area contributed by atoms with Gasteiger partial charge in [0.2, 0.25) is 0 Å². The van der Waals surface area contributed by atoms with Crippen molar-refractivity contribution in [2.45, 2.75) is 49.3 Å². The first-order chi connectivity index (χ1) is 6.29. The van der Waals surface area contributed by atoms with Crippen LogP contribution in [0.5, 0.6) is 0 Å². The minimum absolute atomic E-state index is 0.368. The van der Waals surface area contributed by atoms with Gasteiger partial charge in [-0.3, -0.25) is 10.6 Å². The van der Waals surface area contributed by atoms with Crippen molar-refractivity contribution in [2.75, 3.05) is 6.54 Å². The Morgan fingerprint density at radius 1 is 1.23 bits per heavy atom. The van der Waals surface area contributed by atoms with Crippen molar-refractivity contribution in [1.82, 2.24) is 10.6 Å². The number of nitrogens with two attached hydrogens (primary N) is 1. The van der Waals surface area contributed by atoms with Gasteiger partial charge in [0.15, 0.2) is 0 Å². The molecule has 1 saturated heterocycles. The summed E-state index contributed by atoms with van der Waals surface area (Å²) in [5.41, 5.74) is 5.52. The van der Waals surface area contributed by atoms with E-state index in [0.717, 1.165) is 25.8 Å². The zero-order valence-electron chi connectivity index (χ0n) is 7.80. The zero-order chi connectivity index (χ0) is 9.26. The average molecular weight is 204 g/mol. The molecule has 4 atom stereocenters. The molecule has 0 radical (unpaired) electrons. The average Bonchev–Trinajstić information content (AvgIpc) is 2.46. The van der Waals surface area contributed by atoms with Crippen LogP contribution in [0.1, 0.15) is 25.7 Å². The fraction of sp³-hybridized carbons (Fsp3) is 1.00. The molecule has 2 fully saturated rings. The van der Waals surface area contributed by atoms with Crippen molar-refractivity contribution < 1.29 is 0 Å². The fourth-order valence-corrected chi connectivity index (χ4v) is 2.72. The molecular weight excluding hydrogens is 186 g/mol. The van der Waals surface area contributed by atoms with E-state index in [1.165, 1.54) is 6.42 Å². The van der Waals surface area contributed by atoms with Crippen LogP contribution in [-0.2, 0) is 0 Å². The van der Waals surface area contributed by atoms with Gasteiger partial charge in [0, 0.05) is 17.5 Å². The Labute approximate surface area is 84.4 Å². The second kappa shape index (κ2) is 4.13. The summed E-state index contributed by atoms with van der Waals surface area (Å²) in [5.74, 6) is 0. The first kappa shape index (κ1) is 9.71. The van der Waals surface area contributed by atoms with Crippen LogP contribution >= 0.6 is 11.6 Å². The molecule has 0 aromatic heterocycles. The molecule has 0 spiro atoms. The van der Waals surface area contributed by atoms with Crippen molar-refractivity contribution in [3.8, 4) is 0 Å². The fourth-order valence-electron chi connectivity index (χ4n) is 2.40. The third kappa shape index (κ3) is 2.15. The summed E-state index contributed by atoms with van der Waals surface area (Å²) < 4.78 is 0. The van der Waals surface area contributed by atoms with E-state index in [2.05, 4.69) is 10.6 Å². The highest BCUT2D eigenvalue weighted by Gasteiger charge is 2.36. The van der Waals surface area contributed by atoms with Gasteiger partial charge in [0.1, 0.15) is 0 Å². The largest absolute Gasteiger partial charge is 0.330 e. The summed E-state index contributed by atoms with van der Waals surface area (Å²) in [7, 11) is 0.